The summed E-state index contributed by atoms with van der Waals surface area (Å²) in [5.41, 5.74) is 1.21. The average molecular weight is 217 g/mol. The van der Waals surface area contributed by atoms with E-state index < -0.39 is 0 Å². The van der Waals surface area contributed by atoms with Crippen LogP contribution in [-0.4, -0.2) is 30.0 Å². The van der Waals surface area contributed by atoms with Crippen LogP contribution in [0.3, 0.4) is 0 Å². The molecule has 2 rings (SSSR count). The summed E-state index contributed by atoms with van der Waals surface area (Å²) < 4.78 is 5.70. The van der Waals surface area contributed by atoms with Crippen LogP contribution in [0.15, 0.2) is 36.9 Å². The Labute approximate surface area is 95.3 Å². The summed E-state index contributed by atoms with van der Waals surface area (Å²) >= 11 is 0. The van der Waals surface area contributed by atoms with Crippen LogP contribution in [0.25, 0.3) is 0 Å². The van der Waals surface area contributed by atoms with Gasteiger partial charge in [0.2, 0.25) is 5.91 Å². The Balaban J connectivity index is 1.83. The molecule has 0 radical (unpaired) electrons. The van der Waals surface area contributed by atoms with Crippen LogP contribution in [-0.2, 0) is 4.79 Å². The van der Waals surface area contributed by atoms with Gasteiger partial charge in [-0.1, -0.05) is 24.3 Å². The van der Waals surface area contributed by atoms with Crippen LogP contribution in [0.1, 0.15) is 5.56 Å². The highest BCUT2D eigenvalue weighted by Gasteiger charge is 2.30. The molecule has 1 aromatic carbocycles. The summed E-state index contributed by atoms with van der Waals surface area (Å²) in [5.74, 6) is 0.838. The topological polar surface area (TPSA) is 29.5 Å². The summed E-state index contributed by atoms with van der Waals surface area (Å²) in [5, 5.41) is 0. The van der Waals surface area contributed by atoms with Crippen LogP contribution in [0, 0.1) is 6.92 Å². The Morgan fingerprint density at radius 1 is 1.44 bits per heavy atom. The third-order valence-electron chi connectivity index (χ3n) is 2.66. The van der Waals surface area contributed by atoms with Crippen molar-refractivity contribution in [2.75, 3.05) is 13.1 Å². The number of aryl methyl sites for hydroxylation is 1. The predicted octanol–water partition coefficient (Wildman–Crippen LogP) is 1.77. The Morgan fingerprint density at radius 2 is 2.06 bits per heavy atom. The van der Waals surface area contributed by atoms with Gasteiger partial charge >= 0.3 is 0 Å². The zero-order valence-corrected chi connectivity index (χ0v) is 9.35. The maximum Gasteiger partial charge on any atom is 0.246 e. The number of ether oxygens (including phenoxy) is 1. The molecule has 0 saturated carbocycles. The summed E-state index contributed by atoms with van der Waals surface area (Å²) in [7, 11) is 0. The Bertz CT molecular complexity index is 391. The largest absolute Gasteiger partial charge is 0.487 e. The van der Waals surface area contributed by atoms with Gasteiger partial charge in [0.1, 0.15) is 11.9 Å². The van der Waals surface area contributed by atoms with Gasteiger partial charge in [0, 0.05) is 0 Å². The van der Waals surface area contributed by atoms with Gasteiger partial charge in [-0.2, -0.15) is 0 Å². The average Bonchev–Trinajstić information content (AvgIpc) is 2.24. The van der Waals surface area contributed by atoms with Crippen LogP contribution < -0.4 is 4.74 Å². The van der Waals surface area contributed by atoms with Crippen molar-refractivity contribution >= 4 is 5.91 Å². The van der Waals surface area contributed by atoms with E-state index in [1.807, 2.05) is 31.2 Å². The van der Waals surface area contributed by atoms with Gasteiger partial charge in [0.25, 0.3) is 0 Å². The summed E-state index contributed by atoms with van der Waals surface area (Å²) in [6.45, 7) is 6.79. The number of nitrogens with zero attached hydrogens (tertiary/aromatic N) is 1. The van der Waals surface area contributed by atoms with Crippen molar-refractivity contribution < 1.29 is 9.53 Å². The number of hydrogen-bond donors (Lipinski definition) is 0. The maximum atomic E-state index is 11.2. The summed E-state index contributed by atoms with van der Waals surface area (Å²) in [6.07, 6.45) is 1.45. The molecule has 0 aromatic heterocycles. The molecule has 1 heterocycles. The summed E-state index contributed by atoms with van der Waals surface area (Å²) in [6, 6.07) is 7.93. The van der Waals surface area contributed by atoms with Gasteiger partial charge in [-0.05, 0) is 25.1 Å². The van der Waals surface area contributed by atoms with Gasteiger partial charge in [0.15, 0.2) is 0 Å². The highest BCUT2D eigenvalue weighted by Crippen LogP contribution is 2.18. The Hall–Kier alpha value is -1.77. The molecule has 1 aliphatic heterocycles. The highest BCUT2D eigenvalue weighted by molar-refractivity contribution is 5.87. The standard InChI is InChI=1S/C13H15NO2/c1-3-13(15)14-8-12(9-14)16-11-6-4-10(2)5-7-11/h3-7,12H,1,8-9H2,2H3. The van der Waals surface area contributed by atoms with Crippen LogP contribution in [0.4, 0.5) is 0 Å². The van der Waals surface area contributed by atoms with E-state index in [1.54, 1.807) is 4.90 Å². The van der Waals surface area contributed by atoms with E-state index in [0.29, 0.717) is 13.1 Å². The molecule has 0 bridgehead atoms. The predicted molar refractivity (Wildman–Crippen MR) is 62.4 cm³/mol. The highest BCUT2D eigenvalue weighted by atomic mass is 16.5. The first-order valence-electron chi connectivity index (χ1n) is 5.33. The molecular formula is C13H15NO2. The van der Waals surface area contributed by atoms with E-state index in [4.69, 9.17) is 4.74 Å². The van der Waals surface area contributed by atoms with Crippen molar-refractivity contribution in [3.05, 3.63) is 42.5 Å². The third-order valence-corrected chi connectivity index (χ3v) is 2.66. The van der Waals surface area contributed by atoms with Crippen molar-refractivity contribution in [3.8, 4) is 5.75 Å². The minimum absolute atomic E-state index is 0.0243. The Morgan fingerprint density at radius 3 is 2.62 bits per heavy atom. The fraction of sp³-hybridized carbons (Fsp3) is 0.308. The maximum absolute atomic E-state index is 11.2. The normalized spacial score (nSPS) is 15.4. The zero-order chi connectivity index (χ0) is 11.5. The molecule has 0 aliphatic carbocycles. The molecule has 1 saturated heterocycles. The minimum atomic E-state index is -0.0243. The molecule has 1 aliphatic rings. The molecule has 0 unspecified atom stereocenters. The Kier molecular flexibility index (Phi) is 2.95. The number of carbonyl (C=O) groups is 1. The van der Waals surface area contributed by atoms with Crippen molar-refractivity contribution in [2.24, 2.45) is 0 Å². The number of rotatable bonds is 3. The second-order valence-corrected chi connectivity index (χ2v) is 4.00. The molecule has 0 N–H and O–H groups in total. The zero-order valence-electron chi connectivity index (χ0n) is 9.35. The smallest absolute Gasteiger partial charge is 0.246 e. The quantitative estimate of drug-likeness (QED) is 0.722. The first-order chi connectivity index (χ1) is 7.69. The van der Waals surface area contributed by atoms with Gasteiger partial charge < -0.3 is 9.64 Å². The van der Waals surface area contributed by atoms with Crippen LogP contribution in [0.2, 0.25) is 0 Å². The van der Waals surface area contributed by atoms with Crippen molar-refractivity contribution in [1.82, 2.24) is 4.90 Å². The van der Waals surface area contributed by atoms with Gasteiger partial charge in [0.05, 0.1) is 13.1 Å². The third kappa shape index (κ3) is 2.24. The second-order valence-electron chi connectivity index (χ2n) is 4.00. The van der Waals surface area contributed by atoms with Gasteiger partial charge in [-0.25, -0.2) is 0 Å². The van der Waals surface area contributed by atoms with Crippen LogP contribution in [0.5, 0.6) is 5.75 Å². The lowest BCUT2D eigenvalue weighted by Gasteiger charge is -2.38. The van der Waals surface area contributed by atoms with Gasteiger partial charge in [-0.3, -0.25) is 4.79 Å². The van der Waals surface area contributed by atoms with E-state index in [-0.39, 0.29) is 12.0 Å². The fourth-order valence-electron chi connectivity index (χ4n) is 1.63. The number of likely N-dealkylation sites (tertiary alicyclic amines) is 1. The first kappa shape index (κ1) is 10.7. The SMILES string of the molecule is C=CC(=O)N1CC(Oc2ccc(C)cc2)C1. The van der Waals surface area contributed by atoms with E-state index >= 15 is 0 Å². The molecule has 3 heteroatoms. The molecule has 84 valence electrons. The van der Waals surface area contributed by atoms with Crippen LogP contribution >= 0.6 is 0 Å². The van der Waals surface area contributed by atoms with Crippen molar-refractivity contribution in [3.63, 3.8) is 0 Å². The van der Waals surface area contributed by atoms with Gasteiger partial charge in [-0.15, -0.1) is 0 Å². The van der Waals surface area contributed by atoms with E-state index in [9.17, 15) is 4.79 Å². The second kappa shape index (κ2) is 4.39. The monoisotopic (exact) mass is 217 g/mol. The number of hydrogen-bond acceptors (Lipinski definition) is 2. The molecule has 1 fully saturated rings. The first-order valence-corrected chi connectivity index (χ1v) is 5.33. The lowest BCUT2D eigenvalue weighted by molar-refractivity contribution is -0.134. The number of carbonyl (C=O) groups excluding carboxylic acids is 1. The van der Waals surface area contributed by atoms with Crippen molar-refractivity contribution in [1.29, 1.82) is 0 Å². The fourth-order valence-corrected chi connectivity index (χ4v) is 1.63. The number of amides is 1. The van der Waals surface area contributed by atoms with E-state index in [1.165, 1.54) is 11.6 Å². The lowest BCUT2D eigenvalue weighted by atomic mass is 10.1. The summed E-state index contributed by atoms with van der Waals surface area (Å²) in [4.78, 5) is 12.9. The molecular weight excluding hydrogens is 202 g/mol. The molecule has 3 nitrogen and oxygen atoms in total. The minimum Gasteiger partial charge on any atom is -0.487 e. The van der Waals surface area contributed by atoms with Crippen molar-refractivity contribution in [2.45, 2.75) is 13.0 Å². The molecule has 1 amide bonds. The lowest BCUT2D eigenvalue weighted by Crippen LogP contribution is -2.55. The van der Waals surface area contributed by atoms with E-state index in [0.717, 1.165) is 5.75 Å². The molecule has 0 spiro atoms. The molecule has 0 atom stereocenters. The number of benzene rings is 1. The molecule has 1 aromatic rings. The van der Waals surface area contributed by atoms with E-state index in [2.05, 4.69) is 6.58 Å². The molecule has 16 heavy (non-hydrogen) atoms.